The van der Waals surface area contributed by atoms with Crippen LogP contribution in [-0.2, 0) is 11.2 Å². The highest BCUT2D eigenvalue weighted by atomic mass is 16.5. The van der Waals surface area contributed by atoms with E-state index in [1.54, 1.807) is 0 Å². The van der Waals surface area contributed by atoms with Crippen LogP contribution in [-0.4, -0.2) is 24.8 Å². The first-order chi connectivity index (χ1) is 16.8. The molecule has 3 heteroatoms. The SMILES string of the molecule is CCCCC/C=C/CCCCCOc1ccc(-c2ccc(CCCCCOCCC)cc2)nc1. The minimum absolute atomic E-state index is 0.765. The molecule has 0 fully saturated rings. The lowest BCUT2D eigenvalue weighted by Gasteiger charge is -2.08. The number of pyridine rings is 1. The molecule has 0 aliphatic heterocycles. The number of aryl methyl sites for hydroxylation is 1. The van der Waals surface area contributed by atoms with E-state index in [0.717, 1.165) is 62.5 Å². The van der Waals surface area contributed by atoms with Crippen LogP contribution in [0.3, 0.4) is 0 Å². The van der Waals surface area contributed by atoms with Crippen LogP contribution in [0.5, 0.6) is 5.75 Å². The van der Waals surface area contributed by atoms with Gasteiger partial charge in [0, 0.05) is 18.8 Å². The summed E-state index contributed by atoms with van der Waals surface area (Å²) >= 11 is 0. The van der Waals surface area contributed by atoms with E-state index in [9.17, 15) is 0 Å². The monoisotopic (exact) mass is 465 g/mol. The molecule has 0 spiro atoms. The number of hydrogen-bond donors (Lipinski definition) is 0. The van der Waals surface area contributed by atoms with E-state index in [0.29, 0.717) is 0 Å². The lowest BCUT2D eigenvalue weighted by molar-refractivity contribution is 0.130. The zero-order valence-corrected chi connectivity index (χ0v) is 21.8. The Hall–Kier alpha value is -2.13. The fourth-order valence-corrected chi connectivity index (χ4v) is 3.91. The van der Waals surface area contributed by atoms with E-state index in [2.05, 4.69) is 61.3 Å². The molecule has 1 aromatic carbocycles. The summed E-state index contributed by atoms with van der Waals surface area (Å²) in [5.41, 5.74) is 3.55. The van der Waals surface area contributed by atoms with Gasteiger partial charge in [0.05, 0.1) is 18.5 Å². The standard InChI is InChI=1S/C31H47NO2/c1-3-5-6-7-8-9-10-11-12-16-26-34-30-22-23-31(32-27-30)29-20-18-28(19-21-29)17-14-13-15-25-33-24-4-2/h8-9,18-23,27H,3-7,10-17,24-26H2,1-2H3/b9-8+. The summed E-state index contributed by atoms with van der Waals surface area (Å²) in [4.78, 5) is 4.61. The van der Waals surface area contributed by atoms with E-state index in [1.165, 1.54) is 63.4 Å². The molecule has 34 heavy (non-hydrogen) atoms. The summed E-state index contributed by atoms with van der Waals surface area (Å²) in [6, 6.07) is 12.9. The van der Waals surface area contributed by atoms with Crippen LogP contribution in [0.4, 0.5) is 0 Å². The highest BCUT2D eigenvalue weighted by molar-refractivity contribution is 5.59. The quantitative estimate of drug-likeness (QED) is 0.144. The minimum atomic E-state index is 0.765. The number of benzene rings is 1. The summed E-state index contributed by atoms with van der Waals surface area (Å²) in [5.74, 6) is 0.860. The summed E-state index contributed by atoms with van der Waals surface area (Å²) in [6.07, 6.45) is 22.3. The topological polar surface area (TPSA) is 31.4 Å². The molecule has 0 saturated carbocycles. The second-order valence-electron chi connectivity index (χ2n) is 9.16. The summed E-state index contributed by atoms with van der Waals surface area (Å²) in [6.45, 7) is 6.96. The van der Waals surface area contributed by atoms with Crippen molar-refractivity contribution in [2.45, 2.75) is 97.3 Å². The van der Waals surface area contributed by atoms with Crippen molar-refractivity contribution in [3.05, 3.63) is 60.3 Å². The van der Waals surface area contributed by atoms with E-state index >= 15 is 0 Å². The first-order valence-electron chi connectivity index (χ1n) is 13.7. The smallest absolute Gasteiger partial charge is 0.137 e. The average Bonchev–Trinajstić information content (AvgIpc) is 2.87. The zero-order chi connectivity index (χ0) is 24.1. The van der Waals surface area contributed by atoms with Gasteiger partial charge in [0.15, 0.2) is 0 Å². The van der Waals surface area contributed by atoms with Crippen molar-refractivity contribution in [3.63, 3.8) is 0 Å². The van der Waals surface area contributed by atoms with Gasteiger partial charge in [-0.1, -0.05) is 69.5 Å². The Kier molecular flexibility index (Phi) is 15.9. The zero-order valence-electron chi connectivity index (χ0n) is 21.8. The lowest BCUT2D eigenvalue weighted by atomic mass is 10.0. The summed E-state index contributed by atoms with van der Waals surface area (Å²) < 4.78 is 11.4. The van der Waals surface area contributed by atoms with E-state index in [1.807, 2.05) is 12.3 Å². The third-order valence-electron chi connectivity index (χ3n) is 6.01. The van der Waals surface area contributed by atoms with E-state index in [4.69, 9.17) is 9.47 Å². The number of allylic oxidation sites excluding steroid dienone is 2. The lowest BCUT2D eigenvalue weighted by Crippen LogP contribution is -1.98. The Morgan fingerprint density at radius 3 is 2.12 bits per heavy atom. The molecule has 0 bridgehead atoms. The highest BCUT2D eigenvalue weighted by Crippen LogP contribution is 2.21. The van der Waals surface area contributed by atoms with Crippen LogP contribution in [0, 0.1) is 0 Å². The Morgan fingerprint density at radius 2 is 1.41 bits per heavy atom. The molecule has 2 aromatic rings. The number of ether oxygens (including phenoxy) is 2. The van der Waals surface area contributed by atoms with Gasteiger partial charge in [-0.3, -0.25) is 4.98 Å². The molecule has 0 saturated heterocycles. The Bertz CT molecular complexity index is 752. The number of hydrogen-bond acceptors (Lipinski definition) is 3. The van der Waals surface area contributed by atoms with E-state index < -0.39 is 0 Å². The summed E-state index contributed by atoms with van der Waals surface area (Å²) in [5, 5.41) is 0. The number of nitrogens with zero attached hydrogens (tertiary/aromatic N) is 1. The molecular weight excluding hydrogens is 418 g/mol. The van der Waals surface area contributed by atoms with Crippen LogP contribution in [0.1, 0.15) is 96.5 Å². The molecule has 0 N–H and O–H groups in total. The largest absolute Gasteiger partial charge is 0.492 e. The van der Waals surface area contributed by atoms with Gasteiger partial charge in [-0.15, -0.1) is 0 Å². The van der Waals surface area contributed by atoms with Crippen LogP contribution in [0.2, 0.25) is 0 Å². The molecule has 1 heterocycles. The molecule has 1 aromatic heterocycles. The maximum atomic E-state index is 5.88. The molecule has 3 nitrogen and oxygen atoms in total. The normalized spacial score (nSPS) is 11.4. The fourth-order valence-electron chi connectivity index (χ4n) is 3.91. The van der Waals surface area contributed by atoms with Crippen molar-refractivity contribution in [2.24, 2.45) is 0 Å². The Morgan fingerprint density at radius 1 is 0.676 bits per heavy atom. The van der Waals surface area contributed by atoms with Crippen molar-refractivity contribution in [3.8, 4) is 17.0 Å². The number of rotatable bonds is 20. The van der Waals surface area contributed by atoms with Crippen molar-refractivity contribution in [1.29, 1.82) is 0 Å². The van der Waals surface area contributed by atoms with Gasteiger partial charge in [0.25, 0.3) is 0 Å². The van der Waals surface area contributed by atoms with Gasteiger partial charge in [0.1, 0.15) is 5.75 Å². The van der Waals surface area contributed by atoms with Crippen molar-refractivity contribution >= 4 is 0 Å². The van der Waals surface area contributed by atoms with Crippen molar-refractivity contribution in [1.82, 2.24) is 4.98 Å². The molecule has 0 aliphatic carbocycles. The fraction of sp³-hybridized carbons (Fsp3) is 0.581. The molecule has 0 atom stereocenters. The van der Waals surface area contributed by atoms with Crippen LogP contribution >= 0.6 is 0 Å². The maximum Gasteiger partial charge on any atom is 0.137 e. The predicted octanol–water partition coefficient (Wildman–Crippen LogP) is 8.96. The van der Waals surface area contributed by atoms with Crippen molar-refractivity contribution < 1.29 is 9.47 Å². The molecule has 0 unspecified atom stereocenters. The van der Waals surface area contributed by atoms with Gasteiger partial charge < -0.3 is 9.47 Å². The van der Waals surface area contributed by atoms with Crippen LogP contribution < -0.4 is 4.74 Å². The molecule has 2 rings (SSSR count). The first-order valence-corrected chi connectivity index (χ1v) is 13.7. The molecule has 188 valence electrons. The van der Waals surface area contributed by atoms with Gasteiger partial charge in [-0.05, 0) is 81.9 Å². The van der Waals surface area contributed by atoms with Crippen LogP contribution in [0.15, 0.2) is 54.7 Å². The molecule has 0 aliphatic rings. The third kappa shape index (κ3) is 12.9. The molecular formula is C31H47NO2. The second-order valence-corrected chi connectivity index (χ2v) is 9.16. The number of unbranched alkanes of at least 4 members (excludes halogenated alkanes) is 8. The predicted molar refractivity (Wildman–Crippen MR) is 146 cm³/mol. The maximum absolute atomic E-state index is 5.88. The third-order valence-corrected chi connectivity index (χ3v) is 6.01. The van der Waals surface area contributed by atoms with E-state index in [-0.39, 0.29) is 0 Å². The Labute approximate surface area is 209 Å². The van der Waals surface area contributed by atoms with Gasteiger partial charge in [-0.2, -0.15) is 0 Å². The Balaban J connectivity index is 1.58. The van der Waals surface area contributed by atoms with Crippen molar-refractivity contribution in [2.75, 3.05) is 19.8 Å². The van der Waals surface area contributed by atoms with Gasteiger partial charge in [0.2, 0.25) is 0 Å². The van der Waals surface area contributed by atoms with Gasteiger partial charge in [-0.25, -0.2) is 0 Å². The van der Waals surface area contributed by atoms with Crippen LogP contribution in [0.25, 0.3) is 11.3 Å². The summed E-state index contributed by atoms with van der Waals surface area (Å²) in [7, 11) is 0. The van der Waals surface area contributed by atoms with Gasteiger partial charge >= 0.3 is 0 Å². The highest BCUT2D eigenvalue weighted by Gasteiger charge is 2.02. The molecule has 0 amide bonds. The number of aromatic nitrogens is 1. The minimum Gasteiger partial charge on any atom is -0.492 e. The first kappa shape index (κ1) is 28.1. The average molecular weight is 466 g/mol. The molecule has 0 radical (unpaired) electrons. The second kappa shape index (κ2) is 19.2.